The fourth-order valence-electron chi connectivity index (χ4n) is 7.28. The lowest BCUT2D eigenvalue weighted by Crippen LogP contribution is -2.48. The van der Waals surface area contributed by atoms with E-state index in [2.05, 4.69) is 0 Å². The molecule has 0 radical (unpaired) electrons. The summed E-state index contributed by atoms with van der Waals surface area (Å²) in [4.78, 5) is 46.5. The van der Waals surface area contributed by atoms with Crippen molar-refractivity contribution in [2.75, 3.05) is 26.2 Å². The van der Waals surface area contributed by atoms with Gasteiger partial charge in [-0.1, -0.05) is 72.8 Å². The largest absolute Gasteiger partial charge is 0.497 e. The standard InChI is InChI=1S/C36H29NO6/c1-41-23-11-8-10-22(19-23)33(38)32-31(27-17-16-24(42-2)20-29(27)43-3)36(34(39)25-12-5-6-13-26(25)35(36)40)30-18-15-21-9-4-7-14-28(21)37(30)32/h4-20,30-32H,1-3H3/t30-,31-,32+/m1/s1. The van der Waals surface area contributed by atoms with E-state index in [1.165, 1.54) is 7.11 Å². The highest BCUT2D eigenvalue weighted by Crippen LogP contribution is 2.62. The number of rotatable bonds is 6. The molecule has 3 aliphatic rings. The van der Waals surface area contributed by atoms with E-state index in [9.17, 15) is 14.4 Å². The first kappa shape index (κ1) is 26.7. The predicted molar refractivity (Wildman–Crippen MR) is 163 cm³/mol. The van der Waals surface area contributed by atoms with Gasteiger partial charge in [-0.15, -0.1) is 0 Å². The van der Waals surface area contributed by atoms with Crippen molar-refractivity contribution < 1.29 is 28.6 Å². The monoisotopic (exact) mass is 571 g/mol. The SMILES string of the molecule is COc1cccc(C(=O)[C@@H]2[C@@H](c3ccc(OC)cc3OC)C3(C(=O)c4ccccc4C3=O)[C@H]3C=Cc4ccccc4N23)c1. The first-order chi connectivity index (χ1) is 20.9. The van der Waals surface area contributed by atoms with Crippen LogP contribution < -0.4 is 19.1 Å². The van der Waals surface area contributed by atoms with Gasteiger partial charge in [-0.3, -0.25) is 14.4 Å². The summed E-state index contributed by atoms with van der Waals surface area (Å²) in [6.07, 6.45) is 3.86. The minimum atomic E-state index is -1.63. The molecule has 43 heavy (non-hydrogen) atoms. The number of nitrogens with zero attached hydrogens (tertiary/aromatic N) is 1. The van der Waals surface area contributed by atoms with Gasteiger partial charge in [-0.2, -0.15) is 0 Å². The zero-order valence-electron chi connectivity index (χ0n) is 23.9. The molecule has 4 aromatic rings. The van der Waals surface area contributed by atoms with Crippen molar-refractivity contribution in [3.05, 3.63) is 125 Å². The van der Waals surface area contributed by atoms with E-state index in [0.717, 1.165) is 11.3 Å². The van der Waals surface area contributed by atoms with E-state index in [0.29, 0.717) is 39.5 Å². The highest BCUT2D eigenvalue weighted by Gasteiger charge is 2.72. The van der Waals surface area contributed by atoms with Crippen LogP contribution in [0.1, 0.15) is 48.1 Å². The van der Waals surface area contributed by atoms with Gasteiger partial charge < -0.3 is 19.1 Å². The molecule has 0 bridgehead atoms. The number of ether oxygens (including phenoxy) is 3. The zero-order valence-corrected chi connectivity index (χ0v) is 23.9. The van der Waals surface area contributed by atoms with Gasteiger partial charge in [0.1, 0.15) is 28.7 Å². The summed E-state index contributed by atoms with van der Waals surface area (Å²) in [5.74, 6) is -0.204. The minimum Gasteiger partial charge on any atom is -0.497 e. The van der Waals surface area contributed by atoms with Gasteiger partial charge in [0.2, 0.25) is 0 Å². The number of para-hydroxylation sites is 1. The molecule has 2 aliphatic heterocycles. The van der Waals surface area contributed by atoms with Gasteiger partial charge in [0.15, 0.2) is 17.3 Å². The van der Waals surface area contributed by atoms with Crippen LogP contribution >= 0.6 is 0 Å². The Labute approximate surface area is 249 Å². The molecular formula is C36H29NO6. The minimum absolute atomic E-state index is 0.231. The van der Waals surface area contributed by atoms with E-state index < -0.39 is 23.4 Å². The van der Waals surface area contributed by atoms with Crippen LogP contribution in [0.3, 0.4) is 0 Å². The fraction of sp³-hybridized carbons (Fsp3) is 0.194. The lowest BCUT2D eigenvalue weighted by molar-refractivity contribution is 0.0664. The number of anilines is 1. The molecule has 0 N–H and O–H groups in total. The molecule has 0 saturated carbocycles. The Hall–Kier alpha value is -5.17. The van der Waals surface area contributed by atoms with Crippen molar-refractivity contribution >= 4 is 29.1 Å². The summed E-state index contributed by atoms with van der Waals surface area (Å²) >= 11 is 0. The molecule has 4 aromatic carbocycles. The first-order valence-electron chi connectivity index (χ1n) is 14.1. The average Bonchev–Trinajstić information content (AvgIpc) is 3.49. The van der Waals surface area contributed by atoms with Crippen molar-refractivity contribution in [2.24, 2.45) is 5.41 Å². The third-order valence-electron chi connectivity index (χ3n) is 9.11. The molecule has 1 aliphatic carbocycles. The van der Waals surface area contributed by atoms with Crippen LogP contribution in [0.4, 0.5) is 5.69 Å². The third kappa shape index (κ3) is 3.64. The number of ketones is 3. The van der Waals surface area contributed by atoms with Gasteiger partial charge in [0.05, 0.1) is 27.4 Å². The lowest BCUT2D eigenvalue weighted by atomic mass is 9.64. The summed E-state index contributed by atoms with van der Waals surface area (Å²) in [7, 11) is 4.64. The highest BCUT2D eigenvalue weighted by atomic mass is 16.5. The Bertz CT molecular complexity index is 1810. The number of carbonyl (C=O) groups is 3. The normalized spacial score (nSPS) is 20.9. The summed E-state index contributed by atoms with van der Waals surface area (Å²) in [5, 5.41) is 0. The number of methoxy groups -OCH3 is 3. The van der Waals surface area contributed by atoms with Gasteiger partial charge in [-0.05, 0) is 29.8 Å². The molecule has 0 unspecified atom stereocenters. The molecule has 1 spiro atoms. The van der Waals surface area contributed by atoms with Gasteiger partial charge in [0.25, 0.3) is 0 Å². The summed E-state index contributed by atoms with van der Waals surface area (Å²) in [5.41, 5.74) is 1.78. The number of hydrogen-bond acceptors (Lipinski definition) is 7. The number of benzene rings is 4. The Morgan fingerprint density at radius 1 is 0.744 bits per heavy atom. The van der Waals surface area contributed by atoms with Crippen LogP contribution in [0.15, 0.2) is 97.1 Å². The second-order valence-corrected chi connectivity index (χ2v) is 11.0. The zero-order chi connectivity index (χ0) is 29.9. The van der Waals surface area contributed by atoms with E-state index in [-0.39, 0.29) is 17.3 Å². The average molecular weight is 572 g/mol. The summed E-state index contributed by atoms with van der Waals surface area (Å²) < 4.78 is 16.8. The lowest BCUT2D eigenvalue weighted by Gasteiger charge is -2.37. The van der Waals surface area contributed by atoms with E-state index in [1.54, 1.807) is 74.9 Å². The number of Topliss-reactive ketones (excluding diaryl/α,β-unsaturated/α-hetero) is 3. The van der Waals surface area contributed by atoms with Crippen molar-refractivity contribution in [3.8, 4) is 17.2 Å². The van der Waals surface area contributed by atoms with Crippen molar-refractivity contribution in [1.82, 2.24) is 0 Å². The Balaban J connectivity index is 1.56. The molecule has 2 heterocycles. The van der Waals surface area contributed by atoms with E-state index >= 15 is 0 Å². The van der Waals surface area contributed by atoms with Crippen LogP contribution in [0.2, 0.25) is 0 Å². The smallest absolute Gasteiger partial charge is 0.186 e. The molecule has 7 heteroatoms. The Kier molecular flexibility index (Phi) is 6.20. The topological polar surface area (TPSA) is 82.1 Å². The highest BCUT2D eigenvalue weighted by molar-refractivity contribution is 6.32. The van der Waals surface area contributed by atoms with Crippen molar-refractivity contribution in [1.29, 1.82) is 0 Å². The molecule has 7 rings (SSSR count). The maximum atomic E-state index is 14.9. The first-order valence-corrected chi connectivity index (χ1v) is 14.1. The molecule has 3 atom stereocenters. The molecule has 0 aromatic heterocycles. The molecule has 214 valence electrons. The fourth-order valence-corrected chi connectivity index (χ4v) is 7.28. The maximum absolute atomic E-state index is 14.9. The number of fused-ring (bicyclic) bond motifs is 5. The van der Waals surface area contributed by atoms with Crippen LogP contribution in [-0.4, -0.2) is 50.8 Å². The molecular weight excluding hydrogens is 542 g/mol. The van der Waals surface area contributed by atoms with Gasteiger partial charge >= 0.3 is 0 Å². The second-order valence-electron chi connectivity index (χ2n) is 11.0. The predicted octanol–water partition coefficient (Wildman–Crippen LogP) is 6.03. The summed E-state index contributed by atoms with van der Waals surface area (Å²) in [6.45, 7) is 0. The quantitative estimate of drug-likeness (QED) is 0.207. The van der Waals surface area contributed by atoms with E-state index in [4.69, 9.17) is 14.2 Å². The molecule has 7 nitrogen and oxygen atoms in total. The second kappa shape index (κ2) is 9.98. The van der Waals surface area contributed by atoms with Crippen molar-refractivity contribution in [3.63, 3.8) is 0 Å². The number of hydrogen-bond donors (Lipinski definition) is 0. The molecule has 0 amide bonds. The third-order valence-corrected chi connectivity index (χ3v) is 9.11. The Morgan fingerprint density at radius 2 is 1.42 bits per heavy atom. The summed E-state index contributed by atoms with van der Waals surface area (Å²) in [6, 6.07) is 25.3. The van der Waals surface area contributed by atoms with Gasteiger partial charge in [-0.25, -0.2) is 0 Å². The molecule has 1 saturated heterocycles. The van der Waals surface area contributed by atoms with E-state index in [1.807, 2.05) is 47.4 Å². The van der Waals surface area contributed by atoms with Crippen LogP contribution in [0, 0.1) is 5.41 Å². The Morgan fingerprint density at radius 3 is 2.12 bits per heavy atom. The molecule has 1 fully saturated rings. The van der Waals surface area contributed by atoms with Crippen LogP contribution in [-0.2, 0) is 0 Å². The van der Waals surface area contributed by atoms with Crippen molar-refractivity contribution in [2.45, 2.75) is 18.0 Å². The maximum Gasteiger partial charge on any atom is 0.186 e. The van der Waals surface area contributed by atoms with Crippen LogP contribution in [0.5, 0.6) is 17.2 Å². The number of carbonyl (C=O) groups excluding carboxylic acids is 3. The van der Waals surface area contributed by atoms with Gasteiger partial charge in [0, 0.05) is 39.9 Å². The van der Waals surface area contributed by atoms with Crippen LogP contribution in [0.25, 0.3) is 6.08 Å².